The molecule has 2 aliphatic rings. The average molecular weight is 561 g/mol. The molecule has 4 aromatic rings. The molecule has 6 rings (SSSR count). The molecule has 0 saturated heterocycles. The number of hydrogen-bond donors (Lipinski definition) is 5. The van der Waals surface area contributed by atoms with Gasteiger partial charge in [-0.15, -0.1) is 11.3 Å². The van der Waals surface area contributed by atoms with Crippen LogP contribution < -0.4 is 10.6 Å². The van der Waals surface area contributed by atoms with Crippen molar-refractivity contribution in [1.82, 2.24) is 19.9 Å². The first-order valence-corrected chi connectivity index (χ1v) is 14.7. The van der Waals surface area contributed by atoms with Crippen LogP contribution in [0.4, 0.5) is 11.8 Å². The fourth-order valence-electron chi connectivity index (χ4n) is 6.06. The molecular formula is C30H36N6O3S. The smallest absolute Gasteiger partial charge is 0.225 e. The largest absolute Gasteiger partial charge is 0.390 e. The number of nitrogens with one attached hydrogen (secondary N) is 2. The third-order valence-corrected chi connectivity index (χ3v) is 9.49. The van der Waals surface area contributed by atoms with Crippen LogP contribution in [-0.4, -0.2) is 65.1 Å². The minimum atomic E-state index is -1.13. The van der Waals surface area contributed by atoms with Gasteiger partial charge in [-0.1, -0.05) is 30.3 Å². The summed E-state index contributed by atoms with van der Waals surface area (Å²) < 4.78 is 1.02. The Bertz CT molecular complexity index is 1520. The number of pyridine rings is 1. The van der Waals surface area contributed by atoms with Crippen LogP contribution in [0.5, 0.6) is 0 Å². The van der Waals surface area contributed by atoms with Gasteiger partial charge in [-0.25, -0.2) is 9.97 Å². The number of thiazole rings is 1. The number of rotatable bonds is 7. The Hall–Kier alpha value is -3.18. The van der Waals surface area contributed by atoms with Gasteiger partial charge in [0.2, 0.25) is 5.95 Å². The minimum absolute atomic E-state index is 0.262. The van der Waals surface area contributed by atoms with Crippen LogP contribution in [-0.2, 0) is 0 Å². The van der Waals surface area contributed by atoms with E-state index >= 15 is 0 Å². The number of benzene rings is 1. The molecular weight excluding hydrogens is 524 g/mol. The summed E-state index contributed by atoms with van der Waals surface area (Å²) >= 11 is 1.55. The van der Waals surface area contributed by atoms with Crippen LogP contribution in [0.2, 0.25) is 0 Å². The van der Waals surface area contributed by atoms with Crippen molar-refractivity contribution in [3.05, 3.63) is 59.5 Å². The predicted octanol–water partition coefficient (Wildman–Crippen LogP) is 4.42. The van der Waals surface area contributed by atoms with E-state index in [0.29, 0.717) is 24.1 Å². The molecule has 40 heavy (non-hydrogen) atoms. The first-order valence-electron chi connectivity index (χ1n) is 13.9. The molecule has 0 radical (unpaired) electrons. The summed E-state index contributed by atoms with van der Waals surface area (Å²) in [5.41, 5.74) is 3.43. The second-order valence-electron chi connectivity index (χ2n) is 11.8. The lowest BCUT2D eigenvalue weighted by Crippen LogP contribution is -2.40. The van der Waals surface area contributed by atoms with E-state index in [0.717, 1.165) is 45.0 Å². The fraction of sp³-hybridized carbons (Fsp3) is 0.467. The Morgan fingerprint density at radius 2 is 1.65 bits per heavy atom. The summed E-state index contributed by atoms with van der Waals surface area (Å²) in [6.45, 7) is 7.21. The van der Waals surface area contributed by atoms with E-state index in [2.05, 4.69) is 39.9 Å². The van der Waals surface area contributed by atoms with E-state index in [1.165, 1.54) is 5.56 Å². The first kappa shape index (κ1) is 27.0. The van der Waals surface area contributed by atoms with Crippen molar-refractivity contribution >= 4 is 33.3 Å². The van der Waals surface area contributed by atoms with Crippen LogP contribution in [0.25, 0.3) is 20.8 Å². The summed E-state index contributed by atoms with van der Waals surface area (Å²) in [6, 6.07) is 12.3. The molecule has 0 amide bonds. The van der Waals surface area contributed by atoms with Gasteiger partial charge in [-0.2, -0.15) is 4.98 Å². The van der Waals surface area contributed by atoms with Gasteiger partial charge in [-0.3, -0.25) is 4.98 Å². The Kier molecular flexibility index (Phi) is 6.98. The van der Waals surface area contributed by atoms with Gasteiger partial charge in [0.15, 0.2) is 0 Å². The topological polar surface area (TPSA) is 136 Å². The van der Waals surface area contributed by atoms with Crippen molar-refractivity contribution in [2.45, 2.75) is 82.8 Å². The molecule has 0 aliphatic heterocycles. The summed E-state index contributed by atoms with van der Waals surface area (Å²) in [5, 5.41) is 39.9. The zero-order chi connectivity index (χ0) is 28.2. The van der Waals surface area contributed by atoms with Crippen molar-refractivity contribution in [2.75, 3.05) is 10.6 Å². The zero-order valence-electron chi connectivity index (χ0n) is 23.2. The van der Waals surface area contributed by atoms with E-state index in [9.17, 15) is 15.3 Å². The third-order valence-electron chi connectivity index (χ3n) is 8.45. The third kappa shape index (κ3) is 5.05. The highest BCUT2D eigenvalue weighted by atomic mass is 32.1. The molecule has 210 valence electrons. The van der Waals surface area contributed by atoms with E-state index in [-0.39, 0.29) is 6.04 Å². The molecule has 3 aromatic heterocycles. The SMILES string of the molecule is Cc1nc(NC2CC(c3ccccc3)C2)nc(N[C@@H]2C[C@H](C(C)(C)O)[C@@H](O)[C@H]2O)c1-c1nc2c(C)nccc2s1. The van der Waals surface area contributed by atoms with Gasteiger partial charge in [0.1, 0.15) is 22.4 Å². The first-order chi connectivity index (χ1) is 19.1. The quantitative estimate of drug-likeness (QED) is 0.223. The van der Waals surface area contributed by atoms with Crippen LogP contribution in [0.3, 0.4) is 0 Å². The highest BCUT2D eigenvalue weighted by Gasteiger charge is 2.48. The number of hydrogen-bond acceptors (Lipinski definition) is 10. The standard InChI is InChI=1S/C30H36N6O3S/c1-15-23(28-35-24-16(2)31-11-10-22(24)40-28)27(34-21-14-20(30(3,4)39)25(37)26(21)38)36-29(32-15)33-19-12-18(13-19)17-8-6-5-7-9-17/h5-11,18-21,25-26,37-39H,12-14H2,1-4H3,(H2,32,33,34,36)/t18?,19?,20-,21+,25+,26-/m0/s1. The number of fused-ring (bicyclic) bond motifs is 1. The number of anilines is 2. The number of nitrogens with zero attached hydrogens (tertiary/aromatic N) is 4. The predicted molar refractivity (Wildman–Crippen MR) is 158 cm³/mol. The van der Waals surface area contributed by atoms with Crippen LogP contribution in [0.15, 0.2) is 42.6 Å². The van der Waals surface area contributed by atoms with Crippen molar-refractivity contribution in [3.63, 3.8) is 0 Å². The molecule has 5 N–H and O–H groups in total. The molecule has 1 aromatic carbocycles. The second kappa shape index (κ2) is 10.3. The Balaban J connectivity index is 1.32. The Morgan fingerprint density at radius 3 is 2.33 bits per heavy atom. The molecule has 10 heteroatoms. The summed E-state index contributed by atoms with van der Waals surface area (Å²) in [4.78, 5) is 19.0. The van der Waals surface area contributed by atoms with E-state index < -0.39 is 29.8 Å². The maximum Gasteiger partial charge on any atom is 0.225 e. The highest BCUT2D eigenvalue weighted by Crippen LogP contribution is 2.42. The van der Waals surface area contributed by atoms with Crippen molar-refractivity contribution in [1.29, 1.82) is 0 Å². The van der Waals surface area contributed by atoms with Gasteiger partial charge in [0, 0.05) is 18.2 Å². The van der Waals surface area contributed by atoms with Crippen LogP contribution in [0, 0.1) is 19.8 Å². The minimum Gasteiger partial charge on any atom is -0.390 e. The molecule has 3 heterocycles. The summed E-state index contributed by atoms with van der Waals surface area (Å²) in [7, 11) is 0. The molecule has 2 aliphatic carbocycles. The van der Waals surface area contributed by atoms with Crippen LogP contribution in [0.1, 0.15) is 56.0 Å². The number of aromatic nitrogens is 4. The molecule has 9 nitrogen and oxygen atoms in total. The van der Waals surface area contributed by atoms with E-state index in [4.69, 9.17) is 15.0 Å². The normalized spacial score (nSPS) is 26.6. The van der Waals surface area contributed by atoms with Gasteiger partial charge < -0.3 is 26.0 Å². The molecule has 2 saturated carbocycles. The maximum atomic E-state index is 10.9. The second-order valence-corrected chi connectivity index (χ2v) is 12.8. The van der Waals surface area contributed by atoms with Gasteiger partial charge in [0.05, 0.1) is 39.4 Å². The van der Waals surface area contributed by atoms with Crippen molar-refractivity contribution in [2.24, 2.45) is 5.92 Å². The van der Waals surface area contributed by atoms with Gasteiger partial charge in [-0.05, 0) is 64.5 Å². The summed E-state index contributed by atoms with van der Waals surface area (Å²) in [5.74, 6) is 1.10. The van der Waals surface area contributed by atoms with E-state index in [1.54, 1.807) is 31.4 Å². The number of aryl methyl sites for hydroxylation is 2. The van der Waals surface area contributed by atoms with Crippen molar-refractivity contribution < 1.29 is 15.3 Å². The lowest BCUT2D eigenvalue weighted by molar-refractivity contribution is -0.0601. The molecule has 0 spiro atoms. The monoisotopic (exact) mass is 560 g/mol. The van der Waals surface area contributed by atoms with E-state index in [1.807, 2.05) is 26.0 Å². The lowest BCUT2D eigenvalue weighted by Gasteiger charge is -2.36. The molecule has 4 atom stereocenters. The lowest BCUT2D eigenvalue weighted by atomic mass is 9.76. The highest BCUT2D eigenvalue weighted by molar-refractivity contribution is 7.21. The molecule has 0 bridgehead atoms. The Labute approximate surface area is 237 Å². The zero-order valence-corrected chi connectivity index (χ0v) is 24.0. The summed E-state index contributed by atoms with van der Waals surface area (Å²) in [6.07, 6.45) is 2.06. The van der Waals surface area contributed by atoms with Gasteiger partial charge >= 0.3 is 0 Å². The fourth-order valence-corrected chi connectivity index (χ4v) is 7.17. The number of aliphatic hydroxyl groups excluding tert-OH is 2. The maximum absolute atomic E-state index is 10.9. The Morgan fingerprint density at radius 1 is 0.900 bits per heavy atom. The molecule has 2 fully saturated rings. The molecule has 0 unspecified atom stereocenters. The van der Waals surface area contributed by atoms with Crippen LogP contribution >= 0.6 is 11.3 Å². The van der Waals surface area contributed by atoms with Crippen molar-refractivity contribution in [3.8, 4) is 10.6 Å². The van der Waals surface area contributed by atoms with Gasteiger partial charge in [0.25, 0.3) is 0 Å². The number of aliphatic hydroxyl groups is 3. The average Bonchev–Trinajstić information content (AvgIpc) is 3.44.